The van der Waals surface area contributed by atoms with E-state index < -0.39 is 0 Å². The van der Waals surface area contributed by atoms with Gasteiger partial charge in [0.1, 0.15) is 17.8 Å². The van der Waals surface area contributed by atoms with Crippen LogP contribution in [0, 0.1) is 6.92 Å². The second kappa shape index (κ2) is 6.08. The molecule has 3 aromatic heterocycles. The molecule has 1 saturated heterocycles. The number of aromatic nitrogens is 4. The van der Waals surface area contributed by atoms with E-state index >= 15 is 0 Å². The number of fused-ring (bicyclic) bond motifs is 1. The Bertz CT molecular complexity index is 1000. The highest BCUT2D eigenvalue weighted by Gasteiger charge is 2.51. The Kier molecular flexibility index (Phi) is 3.67. The molecule has 1 spiro atoms. The van der Waals surface area contributed by atoms with Crippen LogP contribution in [0.1, 0.15) is 30.4 Å². The third-order valence-electron chi connectivity index (χ3n) is 6.00. The maximum Gasteiger partial charge on any atom is 0.142 e. The van der Waals surface area contributed by atoms with Crippen LogP contribution in [0.4, 0.5) is 5.82 Å². The molecule has 0 unspecified atom stereocenters. The first-order valence-corrected chi connectivity index (χ1v) is 9.59. The molecule has 2 aliphatic rings. The van der Waals surface area contributed by atoms with Crippen LogP contribution in [-0.4, -0.2) is 50.0 Å². The van der Waals surface area contributed by atoms with Gasteiger partial charge in [-0.25, -0.2) is 9.97 Å². The van der Waals surface area contributed by atoms with Crippen molar-refractivity contribution in [3.8, 4) is 0 Å². The van der Waals surface area contributed by atoms with Crippen LogP contribution in [0.3, 0.4) is 0 Å². The molecule has 0 radical (unpaired) electrons. The lowest BCUT2D eigenvalue weighted by Gasteiger charge is -2.36. The van der Waals surface area contributed by atoms with Gasteiger partial charge in [-0.05, 0) is 43.9 Å². The zero-order valence-electron chi connectivity index (χ0n) is 15.6. The lowest BCUT2D eigenvalue weighted by molar-refractivity contribution is 0.294. The molecule has 3 aromatic rings. The number of aromatic amines is 1. The fourth-order valence-corrected chi connectivity index (χ4v) is 4.37. The van der Waals surface area contributed by atoms with Crippen molar-refractivity contribution in [2.24, 2.45) is 0 Å². The first-order valence-electron chi connectivity index (χ1n) is 9.59. The molecule has 27 heavy (non-hydrogen) atoms. The van der Waals surface area contributed by atoms with Crippen LogP contribution < -0.4 is 4.90 Å². The lowest BCUT2D eigenvalue weighted by Crippen LogP contribution is -2.42. The van der Waals surface area contributed by atoms with E-state index in [1.54, 1.807) is 6.33 Å². The van der Waals surface area contributed by atoms with Crippen LogP contribution in [0.5, 0.6) is 0 Å². The highest BCUT2D eigenvalue weighted by atomic mass is 15.3. The molecular formula is C21H24N6. The highest BCUT2D eigenvalue weighted by molar-refractivity contribution is 5.87. The molecular weight excluding hydrogens is 336 g/mol. The third kappa shape index (κ3) is 2.67. The zero-order valence-corrected chi connectivity index (χ0v) is 15.6. The molecule has 0 amide bonds. The Morgan fingerprint density at radius 3 is 2.93 bits per heavy atom. The molecule has 4 heterocycles. The normalized spacial score (nSPS) is 18.7. The number of pyridine rings is 1. The van der Waals surface area contributed by atoms with Gasteiger partial charge in [0.05, 0.1) is 10.9 Å². The van der Waals surface area contributed by atoms with Gasteiger partial charge in [0.25, 0.3) is 0 Å². The summed E-state index contributed by atoms with van der Waals surface area (Å²) in [6, 6.07) is 4.14. The van der Waals surface area contributed by atoms with Gasteiger partial charge in [-0.3, -0.25) is 4.98 Å². The Morgan fingerprint density at radius 2 is 2.11 bits per heavy atom. The summed E-state index contributed by atoms with van der Waals surface area (Å²) < 4.78 is 0. The predicted octanol–water partition coefficient (Wildman–Crippen LogP) is 3.38. The monoisotopic (exact) mass is 360 g/mol. The van der Waals surface area contributed by atoms with Crippen molar-refractivity contribution in [1.29, 1.82) is 0 Å². The molecule has 1 aliphatic carbocycles. The summed E-state index contributed by atoms with van der Waals surface area (Å²) >= 11 is 0. The molecule has 2 fully saturated rings. The Morgan fingerprint density at radius 1 is 1.22 bits per heavy atom. The SMILES string of the molecule is C=C(c1cnccc1C)N1CCCN(c2ncnc3[nH]ccc23)CC12CC2. The standard InChI is InChI=1S/C21H24N6/c1-15-4-8-22-12-18(15)16(2)27-11-3-10-26(13-21(27)6-7-21)20-17-5-9-23-19(17)24-14-25-20/h4-5,8-9,12,14H,2-3,6-7,10-11,13H2,1H3,(H,23,24,25). The molecule has 138 valence electrons. The largest absolute Gasteiger partial charge is 0.364 e. The molecule has 6 nitrogen and oxygen atoms in total. The molecule has 5 rings (SSSR count). The molecule has 0 atom stereocenters. The van der Waals surface area contributed by atoms with Crippen molar-refractivity contribution in [3.05, 3.63) is 54.8 Å². The highest BCUT2D eigenvalue weighted by Crippen LogP contribution is 2.48. The van der Waals surface area contributed by atoms with E-state index in [-0.39, 0.29) is 5.54 Å². The molecule has 0 aromatic carbocycles. The van der Waals surface area contributed by atoms with E-state index in [9.17, 15) is 0 Å². The quantitative estimate of drug-likeness (QED) is 0.776. The number of nitrogens with zero attached hydrogens (tertiary/aromatic N) is 5. The van der Waals surface area contributed by atoms with Crippen LogP contribution in [-0.2, 0) is 0 Å². The predicted molar refractivity (Wildman–Crippen MR) is 107 cm³/mol. The summed E-state index contributed by atoms with van der Waals surface area (Å²) in [4.78, 5) is 21.5. The fraction of sp³-hybridized carbons (Fsp3) is 0.381. The summed E-state index contributed by atoms with van der Waals surface area (Å²) in [6.45, 7) is 9.59. The number of H-pyrrole nitrogens is 1. The first-order chi connectivity index (χ1) is 13.2. The minimum atomic E-state index is 0.156. The van der Waals surface area contributed by atoms with Gasteiger partial charge < -0.3 is 14.8 Å². The van der Waals surface area contributed by atoms with Gasteiger partial charge in [-0.2, -0.15) is 0 Å². The van der Waals surface area contributed by atoms with Crippen molar-refractivity contribution < 1.29 is 0 Å². The zero-order chi connectivity index (χ0) is 18.4. The molecule has 1 aliphatic heterocycles. The number of aryl methyl sites for hydroxylation is 1. The van der Waals surface area contributed by atoms with E-state index in [2.05, 4.69) is 55.4 Å². The number of nitrogens with one attached hydrogen (secondary N) is 1. The third-order valence-corrected chi connectivity index (χ3v) is 6.00. The van der Waals surface area contributed by atoms with Gasteiger partial charge in [0.2, 0.25) is 0 Å². The first kappa shape index (κ1) is 16.3. The summed E-state index contributed by atoms with van der Waals surface area (Å²) in [5.74, 6) is 1.04. The van der Waals surface area contributed by atoms with E-state index in [1.807, 2.05) is 18.6 Å². The smallest absolute Gasteiger partial charge is 0.142 e. The van der Waals surface area contributed by atoms with E-state index in [4.69, 9.17) is 0 Å². The van der Waals surface area contributed by atoms with E-state index in [0.29, 0.717) is 0 Å². The van der Waals surface area contributed by atoms with Crippen LogP contribution in [0.2, 0.25) is 0 Å². The fourth-order valence-electron chi connectivity index (χ4n) is 4.37. The topological polar surface area (TPSA) is 60.9 Å². The maximum absolute atomic E-state index is 4.62. The summed E-state index contributed by atoms with van der Waals surface area (Å²) in [7, 11) is 0. The minimum Gasteiger partial charge on any atom is -0.364 e. The number of hydrogen-bond donors (Lipinski definition) is 1. The van der Waals surface area contributed by atoms with E-state index in [0.717, 1.165) is 54.2 Å². The number of hydrogen-bond acceptors (Lipinski definition) is 5. The lowest BCUT2D eigenvalue weighted by atomic mass is 10.1. The van der Waals surface area contributed by atoms with Crippen molar-refractivity contribution in [1.82, 2.24) is 24.8 Å². The summed E-state index contributed by atoms with van der Waals surface area (Å²) in [5.41, 5.74) is 4.56. The maximum atomic E-state index is 4.62. The van der Waals surface area contributed by atoms with Crippen LogP contribution in [0.25, 0.3) is 16.7 Å². The van der Waals surface area contributed by atoms with Crippen molar-refractivity contribution in [2.75, 3.05) is 24.5 Å². The van der Waals surface area contributed by atoms with Gasteiger partial charge >= 0.3 is 0 Å². The molecule has 1 saturated carbocycles. The summed E-state index contributed by atoms with van der Waals surface area (Å²) in [6.07, 6.45) is 10.9. The second-order valence-electron chi connectivity index (χ2n) is 7.73. The molecule has 0 bridgehead atoms. The second-order valence-corrected chi connectivity index (χ2v) is 7.73. The van der Waals surface area contributed by atoms with Crippen molar-refractivity contribution in [3.63, 3.8) is 0 Å². The molecule has 6 heteroatoms. The van der Waals surface area contributed by atoms with Crippen LogP contribution >= 0.6 is 0 Å². The Hall–Kier alpha value is -2.89. The molecule has 1 N–H and O–H groups in total. The number of anilines is 1. The van der Waals surface area contributed by atoms with Gasteiger partial charge in [0, 0.05) is 49.5 Å². The van der Waals surface area contributed by atoms with Crippen molar-refractivity contribution >= 4 is 22.5 Å². The van der Waals surface area contributed by atoms with Gasteiger partial charge in [-0.15, -0.1) is 0 Å². The van der Waals surface area contributed by atoms with Crippen LogP contribution in [0.15, 0.2) is 43.6 Å². The average Bonchev–Trinajstić information content (AvgIpc) is 3.34. The Balaban J connectivity index is 1.47. The van der Waals surface area contributed by atoms with Crippen molar-refractivity contribution in [2.45, 2.75) is 31.7 Å². The van der Waals surface area contributed by atoms with Gasteiger partial charge in [-0.1, -0.05) is 6.58 Å². The average molecular weight is 360 g/mol. The Labute approximate surface area is 159 Å². The van der Waals surface area contributed by atoms with E-state index in [1.165, 1.54) is 18.4 Å². The number of rotatable bonds is 3. The minimum absolute atomic E-state index is 0.156. The van der Waals surface area contributed by atoms with Gasteiger partial charge in [0.15, 0.2) is 0 Å². The summed E-state index contributed by atoms with van der Waals surface area (Å²) in [5, 5.41) is 1.10.